The molecule has 11 rings (SSSR count). The second-order valence-electron chi connectivity index (χ2n) is 15.1. The largest absolute Gasteiger partial charge is 0.310 e. The first-order valence-electron chi connectivity index (χ1n) is 19.2. The Bertz CT molecular complexity index is 3050. The van der Waals surface area contributed by atoms with Gasteiger partial charge in [-0.05, 0) is 120 Å². The lowest BCUT2D eigenvalue weighted by atomic mass is 9.73. The second-order valence-corrected chi connectivity index (χ2v) is 17.1. The minimum Gasteiger partial charge on any atom is -0.310 e. The first kappa shape index (κ1) is 33.7. The van der Waals surface area contributed by atoms with Crippen molar-refractivity contribution in [3.8, 4) is 21.1 Å². The van der Waals surface area contributed by atoms with Gasteiger partial charge in [-0.25, -0.2) is 9.97 Å². The molecule has 10 aromatic rings. The number of rotatable bonds is 6. The molecule has 0 bridgehead atoms. The molecule has 6 heteroatoms. The fourth-order valence-corrected chi connectivity index (χ4v) is 10.4. The fourth-order valence-electron chi connectivity index (χ4n) is 8.44. The third-order valence-electron chi connectivity index (χ3n) is 11.3. The number of benzene rings is 8. The third-order valence-corrected chi connectivity index (χ3v) is 13.5. The Hall–Kier alpha value is -6.60. The topological polar surface area (TPSA) is 32.3 Å². The summed E-state index contributed by atoms with van der Waals surface area (Å²) in [7, 11) is 0. The van der Waals surface area contributed by atoms with Crippen LogP contribution in [0.3, 0.4) is 0 Å². The zero-order valence-electron chi connectivity index (χ0n) is 31.4. The van der Waals surface area contributed by atoms with E-state index in [2.05, 4.69) is 200 Å². The molecule has 0 spiro atoms. The Balaban J connectivity index is 1.02. The van der Waals surface area contributed by atoms with Gasteiger partial charge in [0.2, 0.25) is 0 Å². The molecule has 0 atom stereocenters. The highest BCUT2D eigenvalue weighted by Gasteiger charge is 2.37. The third kappa shape index (κ3) is 5.63. The van der Waals surface area contributed by atoms with Gasteiger partial charge in [0, 0.05) is 39.0 Å². The normalized spacial score (nSPS) is 13.2. The lowest BCUT2D eigenvalue weighted by Gasteiger charge is -2.42. The molecular weight excluding hydrogens is 733 g/mol. The standard InChI is InChI=1S/C51H36N4S2/c1-51(2)40-15-5-8-18-45(40)55(46-31-24-35(32-41(46)51)50-53-43-17-7-10-21-48(43)57-50)38-29-27-37(28-30-38)54(44-19-11-13-33-12-3-4-14-39(33)44)36-25-22-34(23-26-36)49-52-42-16-6-9-20-47(42)56-49/h3-32H,1-2H3. The number of nitrogens with zero attached hydrogens (tertiary/aromatic N) is 4. The van der Waals surface area contributed by atoms with E-state index in [1.54, 1.807) is 22.7 Å². The average Bonchev–Trinajstić information content (AvgIpc) is 3.90. The number of aromatic nitrogens is 2. The minimum absolute atomic E-state index is 0.211. The number of anilines is 6. The molecule has 0 saturated carbocycles. The van der Waals surface area contributed by atoms with Crippen LogP contribution < -0.4 is 9.80 Å². The molecule has 272 valence electrons. The Morgan fingerprint density at radius 1 is 0.491 bits per heavy atom. The fraction of sp³-hybridized carbons (Fsp3) is 0.0588. The van der Waals surface area contributed by atoms with Gasteiger partial charge in [0.05, 0.1) is 37.5 Å². The molecule has 57 heavy (non-hydrogen) atoms. The highest BCUT2D eigenvalue weighted by molar-refractivity contribution is 7.22. The van der Waals surface area contributed by atoms with Crippen LogP contribution in [0.25, 0.3) is 52.3 Å². The minimum atomic E-state index is -0.211. The summed E-state index contributed by atoms with van der Waals surface area (Å²) in [5.74, 6) is 0. The van der Waals surface area contributed by atoms with Gasteiger partial charge in [-0.15, -0.1) is 22.7 Å². The molecule has 3 heterocycles. The van der Waals surface area contributed by atoms with Crippen molar-refractivity contribution in [3.05, 3.63) is 193 Å². The maximum atomic E-state index is 5.02. The summed E-state index contributed by atoms with van der Waals surface area (Å²) in [6.45, 7) is 4.69. The van der Waals surface area contributed by atoms with Crippen molar-refractivity contribution in [3.63, 3.8) is 0 Å². The van der Waals surface area contributed by atoms with Crippen molar-refractivity contribution in [2.45, 2.75) is 19.3 Å². The number of hydrogen-bond acceptors (Lipinski definition) is 6. The van der Waals surface area contributed by atoms with Crippen molar-refractivity contribution in [2.75, 3.05) is 9.80 Å². The van der Waals surface area contributed by atoms with Gasteiger partial charge in [0.1, 0.15) is 10.0 Å². The number of thiazole rings is 2. The molecule has 0 aliphatic carbocycles. The SMILES string of the molecule is CC1(C)c2ccccc2N(c2ccc(N(c3ccc(-c4nc5ccccc5s4)cc3)c3cccc4ccccc34)cc2)c2ccc(-c3nc4ccccc4s3)cc21. The summed E-state index contributed by atoms with van der Waals surface area (Å²) in [5.41, 5.74) is 13.5. The monoisotopic (exact) mass is 768 g/mol. The molecular formula is C51H36N4S2. The Morgan fingerprint density at radius 3 is 1.77 bits per heavy atom. The van der Waals surface area contributed by atoms with E-state index in [9.17, 15) is 0 Å². The average molecular weight is 769 g/mol. The van der Waals surface area contributed by atoms with Gasteiger partial charge in [0.25, 0.3) is 0 Å². The van der Waals surface area contributed by atoms with E-state index in [-0.39, 0.29) is 5.41 Å². The van der Waals surface area contributed by atoms with E-state index in [0.717, 1.165) is 54.9 Å². The van der Waals surface area contributed by atoms with Crippen LogP contribution in [-0.4, -0.2) is 9.97 Å². The molecule has 0 fully saturated rings. The van der Waals surface area contributed by atoms with Gasteiger partial charge in [-0.2, -0.15) is 0 Å². The molecule has 0 unspecified atom stereocenters. The van der Waals surface area contributed by atoms with Gasteiger partial charge in [0.15, 0.2) is 0 Å². The zero-order valence-corrected chi connectivity index (χ0v) is 33.1. The van der Waals surface area contributed by atoms with Crippen molar-refractivity contribution in [1.29, 1.82) is 0 Å². The maximum absolute atomic E-state index is 5.02. The predicted octanol–water partition coefficient (Wildman–Crippen LogP) is 15.0. The van der Waals surface area contributed by atoms with E-state index in [1.807, 2.05) is 6.07 Å². The van der Waals surface area contributed by atoms with Gasteiger partial charge < -0.3 is 9.80 Å². The van der Waals surface area contributed by atoms with Crippen molar-refractivity contribution in [2.24, 2.45) is 0 Å². The molecule has 2 aromatic heterocycles. The van der Waals surface area contributed by atoms with Crippen LogP contribution in [0.1, 0.15) is 25.0 Å². The predicted molar refractivity (Wildman–Crippen MR) is 243 cm³/mol. The summed E-state index contributed by atoms with van der Waals surface area (Å²) in [4.78, 5) is 14.8. The van der Waals surface area contributed by atoms with E-state index in [4.69, 9.17) is 9.97 Å². The molecule has 0 saturated heterocycles. The Kier molecular flexibility index (Phi) is 7.85. The van der Waals surface area contributed by atoms with Crippen LogP contribution in [0, 0.1) is 0 Å². The van der Waals surface area contributed by atoms with Gasteiger partial charge in [-0.1, -0.05) is 92.7 Å². The van der Waals surface area contributed by atoms with Crippen molar-refractivity contribution < 1.29 is 0 Å². The molecule has 4 nitrogen and oxygen atoms in total. The first-order valence-corrected chi connectivity index (χ1v) is 20.9. The molecule has 0 N–H and O–H groups in total. The number of para-hydroxylation sites is 3. The van der Waals surface area contributed by atoms with Crippen LogP contribution in [0.5, 0.6) is 0 Å². The smallest absolute Gasteiger partial charge is 0.124 e. The van der Waals surface area contributed by atoms with Crippen LogP contribution in [0.2, 0.25) is 0 Å². The number of hydrogen-bond donors (Lipinski definition) is 0. The summed E-state index contributed by atoms with van der Waals surface area (Å²) < 4.78 is 2.41. The summed E-state index contributed by atoms with van der Waals surface area (Å²) in [5, 5.41) is 4.48. The lowest BCUT2D eigenvalue weighted by molar-refractivity contribution is 0.632. The highest BCUT2D eigenvalue weighted by atomic mass is 32.1. The van der Waals surface area contributed by atoms with E-state index in [0.29, 0.717) is 0 Å². The van der Waals surface area contributed by atoms with Gasteiger partial charge >= 0.3 is 0 Å². The maximum Gasteiger partial charge on any atom is 0.124 e. The zero-order chi connectivity index (χ0) is 38.1. The van der Waals surface area contributed by atoms with E-state index < -0.39 is 0 Å². The summed E-state index contributed by atoms with van der Waals surface area (Å²) in [6, 6.07) is 65.6. The summed E-state index contributed by atoms with van der Waals surface area (Å²) in [6.07, 6.45) is 0. The quantitative estimate of drug-likeness (QED) is 0.169. The first-order chi connectivity index (χ1) is 28.0. The molecule has 1 aliphatic heterocycles. The Labute approximate surface area is 339 Å². The Morgan fingerprint density at radius 2 is 1.05 bits per heavy atom. The van der Waals surface area contributed by atoms with E-state index >= 15 is 0 Å². The highest BCUT2D eigenvalue weighted by Crippen LogP contribution is 2.53. The van der Waals surface area contributed by atoms with Crippen molar-refractivity contribution >= 4 is 88.0 Å². The second kappa shape index (κ2) is 13.3. The van der Waals surface area contributed by atoms with Crippen LogP contribution in [0.15, 0.2) is 182 Å². The molecule has 8 aromatic carbocycles. The van der Waals surface area contributed by atoms with Crippen LogP contribution in [-0.2, 0) is 5.41 Å². The van der Waals surface area contributed by atoms with Crippen LogP contribution >= 0.6 is 22.7 Å². The molecule has 0 radical (unpaired) electrons. The van der Waals surface area contributed by atoms with E-state index in [1.165, 1.54) is 42.7 Å². The van der Waals surface area contributed by atoms with Gasteiger partial charge in [-0.3, -0.25) is 0 Å². The summed E-state index contributed by atoms with van der Waals surface area (Å²) >= 11 is 3.49. The number of fused-ring (bicyclic) bond motifs is 5. The van der Waals surface area contributed by atoms with Crippen LogP contribution in [0.4, 0.5) is 34.1 Å². The molecule has 0 amide bonds. The molecule has 1 aliphatic rings. The van der Waals surface area contributed by atoms with Crippen molar-refractivity contribution in [1.82, 2.24) is 9.97 Å². The lowest BCUT2D eigenvalue weighted by Crippen LogP contribution is -2.30.